The lowest BCUT2D eigenvalue weighted by molar-refractivity contribution is -0.191. The van der Waals surface area contributed by atoms with Crippen molar-refractivity contribution in [3.63, 3.8) is 0 Å². The van der Waals surface area contributed by atoms with Crippen molar-refractivity contribution in [3.05, 3.63) is 68.1 Å². The minimum Gasteiger partial charge on any atom is -0.497 e. The number of carbonyl (C=O) groups excluding carboxylic acids is 3. The molecule has 0 spiro atoms. The first kappa shape index (κ1) is 39.1. The molecule has 0 heterocycles. The van der Waals surface area contributed by atoms with Crippen LogP contribution in [0.2, 0.25) is 0 Å². The summed E-state index contributed by atoms with van der Waals surface area (Å²) in [6, 6.07) is 12.3. The van der Waals surface area contributed by atoms with Crippen LogP contribution in [0, 0.1) is 13.8 Å². The molecule has 0 aliphatic rings. The maximum Gasteiger partial charge on any atom is 0.373 e. The van der Waals surface area contributed by atoms with E-state index >= 15 is 0 Å². The Bertz CT molecular complexity index is 1070. The smallest absolute Gasteiger partial charge is 0.373 e. The van der Waals surface area contributed by atoms with Gasteiger partial charge in [-0.2, -0.15) is 9.59 Å². The summed E-state index contributed by atoms with van der Waals surface area (Å²) in [5.41, 5.74) is 3.76. The molecule has 218 valence electrons. The third-order valence-electron chi connectivity index (χ3n) is 4.40. The van der Waals surface area contributed by atoms with Crippen molar-refractivity contribution in [2.24, 2.45) is 0 Å². The Hall–Kier alpha value is -2.06. The fourth-order valence-electron chi connectivity index (χ4n) is 2.55. The van der Waals surface area contributed by atoms with Crippen LogP contribution in [0.3, 0.4) is 0 Å². The van der Waals surface area contributed by atoms with Gasteiger partial charge in [-0.3, -0.25) is 9.36 Å². The summed E-state index contributed by atoms with van der Waals surface area (Å²) in [6.07, 6.45) is 5.33. The van der Waals surface area contributed by atoms with E-state index < -0.39 is 13.6 Å². The standard InChI is InChI=1S/C11H13Br.C8H9BrO.C8H17O5P.CO2/c1-3-4-5-10-7-6-9(2)11(12)8-10;1-6-3-4-7(10-2)5-8(6)9;1-4-11-8(9)7-14(10,12-5-2)13-6-3;2-1-3/h4-8H,3H2,1-2H3;3-5H,1-2H3;4-7H2,1-3H3;/b5-4+;;;. The second kappa shape index (κ2) is 23.8. The zero-order chi connectivity index (χ0) is 30.3. The molecular formula is C28H39Br2O8P. The first-order valence-corrected chi connectivity index (χ1v) is 15.5. The number of hydrogen-bond donors (Lipinski definition) is 0. The van der Waals surface area contributed by atoms with E-state index in [4.69, 9.17) is 23.4 Å². The van der Waals surface area contributed by atoms with Gasteiger partial charge in [0, 0.05) is 8.95 Å². The van der Waals surface area contributed by atoms with E-state index in [1.54, 1.807) is 27.9 Å². The van der Waals surface area contributed by atoms with E-state index in [-0.39, 0.29) is 32.1 Å². The molecule has 39 heavy (non-hydrogen) atoms. The first-order chi connectivity index (χ1) is 18.5. The summed E-state index contributed by atoms with van der Waals surface area (Å²) in [5.74, 6) is 0.329. The van der Waals surface area contributed by atoms with Crippen molar-refractivity contribution >= 4 is 57.7 Å². The quantitative estimate of drug-likeness (QED) is 0.181. The van der Waals surface area contributed by atoms with Crippen molar-refractivity contribution in [1.29, 1.82) is 0 Å². The fourth-order valence-corrected chi connectivity index (χ4v) is 4.76. The number of ether oxygens (including phenoxy) is 2. The molecule has 0 aliphatic heterocycles. The van der Waals surface area contributed by atoms with Crippen molar-refractivity contribution < 1.29 is 37.5 Å². The molecule has 0 N–H and O–H groups in total. The Morgan fingerprint density at radius 3 is 1.82 bits per heavy atom. The zero-order valence-electron chi connectivity index (χ0n) is 23.6. The molecule has 0 saturated heterocycles. The van der Waals surface area contributed by atoms with Gasteiger partial charge in [-0.25, -0.2) is 0 Å². The van der Waals surface area contributed by atoms with E-state index in [1.807, 2.05) is 25.1 Å². The highest BCUT2D eigenvalue weighted by molar-refractivity contribution is 9.10. The van der Waals surface area contributed by atoms with E-state index in [9.17, 15) is 9.36 Å². The third-order valence-corrected chi connectivity index (χ3v) is 8.06. The van der Waals surface area contributed by atoms with Crippen molar-refractivity contribution in [1.82, 2.24) is 0 Å². The maximum absolute atomic E-state index is 11.8. The number of carbonyl (C=O) groups is 1. The second-order valence-electron chi connectivity index (χ2n) is 7.43. The maximum atomic E-state index is 11.8. The number of rotatable bonds is 10. The largest absolute Gasteiger partial charge is 0.497 e. The Kier molecular flexibility index (Phi) is 23.8. The highest BCUT2D eigenvalue weighted by Crippen LogP contribution is 2.47. The number of halogens is 2. The van der Waals surface area contributed by atoms with E-state index in [2.05, 4.69) is 80.8 Å². The molecule has 2 aromatic carbocycles. The van der Waals surface area contributed by atoms with Crippen molar-refractivity contribution in [2.75, 3.05) is 33.1 Å². The molecule has 11 heteroatoms. The number of aryl methyl sites for hydroxylation is 2. The minimum atomic E-state index is -3.28. The second-order valence-corrected chi connectivity index (χ2v) is 11.2. The van der Waals surface area contributed by atoms with Crippen LogP contribution in [0.15, 0.2) is 51.4 Å². The number of esters is 1. The summed E-state index contributed by atoms with van der Waals surface area (Å²) in [6.45, 7) is 12.1. The number of hydrogen-bond acceptors (Lipinski definition) is 8. The molecule has 0 bridgehead atoms. The molecule has 0 aliphatic carbocycles. The monoisotopic (exact) mass is 692 g/mol. The lowest BCUT2D eigenvalue weighted by Crippen LogP contribution is -2.12. The Morgan fingerprint density at radius 1 is 0.897 bits per heavy atom. The topological polar surface area (TPSA) is 105 Å². The van der Waals surface area contributed by atoms with Crippen LogP contribution >= 0.6 is 39.5 Å². The van der Waals surface area contributed by atoms with Crippen LogP contribution in [0.25, 0.3) is 6.08 Å². The zero-order valence-corrected chi connectivity index (χ0v) is 27.7. The van der Waals surface area contributed by atoms with Crippen molar-refractivity contribution in [2.45, 2.75) is 48.0 Å². The normalized spacial score (nSPS) is 10.1. The lowest BCUT2D eigenvalue weighted by Gasteiger charge is -2.15. The van der Waals surface area contributed by atoms with Gasteiger partial charge in [0.15, 0.2) is 0 Å². The van der Waals surface area contributed by atoms with Crippen LogP contribution in [0.1, 0.15) is 50.8 Å². The minimum absolute atomic E-state index is 0.247. The number of allylic oxidation sites excluding steroid dienone is 1. The highest BCUT2D eigenvalue weighted by atomic mass is 79.9. The van der Waals surface area contributed by atoms with Gasteiger partial charge in [-0.1, -0.05) is 69.1 Å². The van der Waals surface area contributed by atoms with Gasteiger partial charge in [0.25, 0.3) is 0 Å². The van der Waals surface area contributed by atoms with Crippen LogP contribution in [0.4, 0.5) is 0 Å². The van der Waals surface area contributed by atoms with Gasteiger partial charge in [0.05, 0.1) is 26.9 Å². The van der Waals surface area contributed by atoms with Crippen LogP contribution in [-0.4, -0.2) is 45.2 Å². The van der Waals surface area contributed by atoms with Crippen LogP contribution in [-0.2, 0) is 32.7 Å². The Morgan fingerprint density at radius 2 is 1.41 bits per heavy atom. The molecule has 0 aromatic heterocycles. The SMILES string of the molecule is CC/C=C/c1ccc(C)c(Br)c1.CCOC(=O)CP(=O)(OCC)OCC.COc1ccc(C)c(Br)c1.O=C=O. The molecule has 8 nitrogen and oxygen atoms in total. The number of benzene rings is 2. The van der Waals surface area contributed by atoms with Gasteiger partial charge in [0.2, 0.25) is 0 Å². The van der Waals surface area contributed by atoms with E-state index in [0.717, 1.165) is 16.6 Å². The fraction of sp³-hybridized carbons (Fsp3) is 0.429. The van der Waals surface area contributed by atoms with Gasteiger partial charge in [0.1, 0.15) is 11.9 Å². The molecular weight excluding hydrogens is 655 g/mol. The average Bonchev–Trinajstić information content (AvgIpc) is 2.88. The van der Waals surface area contributed by atoms with E-state index in [0.29, 0.717) is 0 Å². The summed E-state index contributed by atoms with van der Waals surface area (Å²) >= 11 is 6.91. The summed E-state index contributed by atoms with van der Waals surface area (Å²) in [4.78, 5) is 27.3. The lowest BCUT2D eigenvalue weighted by atomic mass is 10.1. The predicted molar refractivity (Wildman–Crippen MR) is 161 cm³/mol. The number of methoxy groups -OCH3 is 1. The van der Waals surface area contributed by atoms with Gasteiger partial charge >= 0.3 is 19.7 Å². The molecule has 2 rings (SSSR count). The first-order valence-electron chi connectivity index (χ1n) is 12.2. The van der Waals surface area contributed by atoms with E-state index in [1.165, 1.54) is 21.2 Å². The van der Waals surface area contributed by atoms with Gasteiger partial charge in [-0.15, -0.1) is 0 Å². The van der Waals surface area contributed by atoms with Gasteiger partial charge < -0.3 is 18.5 Å². The molecule has 0 atom stereocenters. The molecule has 0 fully saturated rings. The Balaban J connectivity index is 0. The van der Waals surface area contributed by atoms with Crippen LogP contribution < -0.4 is 4.74 Å². The molecule has 0 radical (unpaired) electrons. The van der Waals surface area contributed by atoms with Gasteiger partial charge in [-0.05, 0) is 75.9 Å². The van der Waals surface area contributed by atoms with Crippen molar-refractivity contribution in [3.8, 4) is 5.75 Å². The highest BCUT2D eigenvalue weighted by Gasteiger charge is 2.28. The third kappa shape index (κ3) is 19.6. The average molecular weight is 694 g/mol. The summed E-state index contributed by atoms with van der Waals surface area (Å²) < 4.78 is 33.5. The van der Waals surface area contributed by atoms with Crippen LogP contribution in [0.5, 0.6) is 5.75 Å². The molecule has 0 saturated carbocycles. The summed E-state index contributed by atoms with van der Waals surface area (Å²) in [5, 5.41) is 0. The molecule has 2 aromatic rings. The summed E-state index contributed by atoms with van der Waals surface area (Å²) in [7, 11) is -1.62. The molecule has 0 unspecified atom stereocenters. The Labute approximate surface area is 249 Å². The predicted octanol–water partition coefficient (Wildman–Crippen LogP) is 8.18. The molecule has 0 amide bonds.